The van der Waals surface area contributed by atoms with Crippen molar-refractivity contribution in [2.24, 2.45) is 0 Å². The van der Waals surface area contributed by atoms with Crippen LogP contribution in [0.5, 0.6) is 0 Å². The smallest absolute Gasteiger partial charge is 0.239 e. The summed E-state index contributed by atoms with van der Waals surface area (Å²) < 4.78 is 1.78. The molecule has 0 saturated heterocycles. The van der Waals surface area contributed by atoms with Crippen molar-refractivity contribution in [2.45, 2.75) is 19.9 Å². The number of rotatable bonds is 5. The molecule has 0 fully saturated rings. The van der Waals surface area contributed by atoms with Crippen molar-refractivity contribution in [1.82, 2.24) is 14.8 Å². The summed E-state index contributed by atoms with van der Waals surface area (Å²) >= 11 is 1.94. The van der Waals surface area contributed by atoms with Gasteiger partial charge < -0.3 is 5.73 Å². The zero-order valence-corrected chi connectivity index (χ0v) is 8.05. The normalized spacial score (nSPS) is 10.4. The van der Waals surface area contributed by atoms with E-state index < -0.39 is 0 Å². The number of anilines is 1. The van der Waals surface area contributed by atoms with E-state index >= 15 is 0 Å². The number of hydrogen-bond acceptors (Lipinski definition) is 4. The van der Waals surface area contributed by atoms with Gasteiger partial charge in [0.2, 0.25) is 5.95 Å². The molecule has 0 aliphatic carbocycles. The largest absolute Gasteiger partial charge is 0.367 e. The maximum atomic E-state index is 5.36. The van der Waals surface area contributed by atoms with Crippen LogP contribution in [0.1, 0.15) is 13.3 Å². The van der Waals surface area contributed by atoms with Crippen LogP contribution in [0.2, 0.25) is 0 Å². The van der Waals surface area contributed by atoms with Crippen molar-refractivity contribution in [1.29, 1.82) is 0 Å². The number of thioether (sulfide) groups is 1. The molecule has 0 spiro atoms. The molecule has 0 bridgehead atoms. The van der Waals surface area contributed by atoms with Crippen LogP contribution in [0.3, 0.4) is 0 Å². The molecule has 12 heavy (non-hydrogen) atoms. The van der Waals surface area contributed by atoms with Crippen LogP contribution in [0.15, 0.2) is 6.33 Å². The van der Waals surface area contributed by atoms with Gasteiger partial charge in [-0.2, -0.15) is 11.8 Å². The zero-order chi connectivity index (χ0) is 8.81. The van der Waals surface area contributed by atoms with Gasteiger partial charge in [-0.3, -0.25) is 4.68 Å². The molecule has 68 valence electrons. The third-order valence-electron chi connectivity index (χ3n) is 1.43. The predicted molar refractivity (Wildman–Crippen MR) is 52.1 cm³/mol. The summed E-state index contributed by atoms with van der Waals surface area (Å²) in [6.45, 7) is 3.08. The number of nitrogens with two attached hydrogens (primary N) is 1. The first-order chi connectivity index (χ1) is 5.83. The molecule has 0 unspecified atom stereocenters. The highest BCUT2D eigenvalue weighted by molar-refractivity contribution is 7.99. The van der Waals surface area contributed by atoms with Gasteiger partial charge in [0, 0.05) is 6.54 Å². The van der Waals surface area contributed by atoms with Crippen molar-refractivity contribution < 1.29 is 0 Å². The molecule has 0 amide bonds. The minimum absolute atomic E-state index is 0.359. The fourth-order valence-electron chi connectivity index (χ4n) is 0.890. The maximum absolute atomic E-state index is 5.36. The van der Waals surface area contributed by atoms with E-state index in [0.717, 1.165) is 13.0 Å². The number of hydrogen-bond donors (Lipinski definition) is 1. The van der Waals surface area contributed by atoms with E-state index in [1.165, 1.54) is 11.5 Å². The summed E-state index contributed by atoms with van der Waals surface area (Å²) in [7, 11) is 0. The fraction of sp³-hybridized carbons (Fsp3) is 0.714. The maximum Gasteiger partial charge on any atom is 0.239 e. The minimum Gasteiger partial charge on any atom is -0.367 e. The summed E-state index contributed by atoms with van der Waals surface area (Å²) in [6, 6.07) is 0. The molecule has 1 rings (SSSR count). The first-order valence-corrected chi connectivity index (χ1v) is 5.21. The van der Waals surface area contributed by atoms with Crippen molar-refractivity contribution in [3.05, 3.63) is 6.33 Å². The van der Waals surface area contributed by atoms with E-state index in [0.29, 0.717) is 5.95 Å². The van der Waals surface area contributed by atoms with Gasteiger partial charge in [0.25, 0.3) is 0 Å². The number of nitrogen functional groups attached to an aromatic ring is 1. The number of aryl methyl sites for hydroxylation is 1. The summed E-state index contributed by atoms with van der Waals surface area (Å²) in [5.74, 6) is 2.72. The van der Waals surface area contributed by atoms with E-state index in [1.54, 1.807) is 11.0 Å². The Balaban J connectivity index is 2.15. The van der Waals surface area contributed by atoms with Gasteiger partial charge >= 0.3 is 0 Å². The lowest BCUT2D eigenvalue weighted by atomic mass is 10.5. The first kappa shape index (κ1) is 9.38. The summed E-state index contributed by atoms with van der Waals surface area (Å²) in [5, 5.41) is 3.98. The average Bonchev–Trinajstić information content (AvgIpc) is 2.45. The highest BCUT2D eigenvalue weighted by Crippen LogP contribution is 2.02. The zero-order valence-electron chi connectivity index (χ0n) is 7.23. The van der Waals surface area contributed by atoms with Gasteiger partial charge in [-0.25, -0.2) is 4.98 Å². The van der Waals surface area contributed by atoms with Crippen LogP contribution in [0.4, 0.5) is 5.95 Å². The van der Waals surface area contributed by atoms with Crippen LogP contribution >= 0.6 is 11.8 Å². The summed E-state index contributed by atoms with van der Waals surface area (Å²) in [5.41, 5.74) is 5.36. The SMILES string of the molecule is CCSCCCn1cnc(N)n1. The molecule has 0 aromatic carbocycles. The Morgan fingerprint density at radius 1 is 1.67 bits per heavy atom. The number of aromatic nitrogens is 3. The summed E-state index contributed by atoms with van der Waals surface area (Å²) in [4.78, 5) is 3.84. The van der Waals surface area contributed by atoms with Gasteiger partial charge in [-0.15, -0.1) is 5.10 Å². The Kier molecular flexibility index (Phi) is 3.93. The average molecular weight is 186 g/mol. The molecule has 0 aliphatic heterocycles. The van der Waals surface area contributed by atoms with Gasteiger partial charge in [0.05, 0.1) is 0 Å². The molecule has 4 nitrogen and oxygen atoms in total. The standard InChI is InChI=1S/C7H14N4S/c1-2-12-5-3-4-11-6-9-7(8)10-11/h6H,2-5H2,1H3,(H2,8,10). The molecule has 5 heteroatoms. The minimum atomic E-state index is 0.359. The van der Waals surface area contributed by atoms with Gasteiger partial charge in [0.15, 0.2) is 0 Å². The Hall–Kier alpha value is -0.710. The molecular weight excluding hydrogens is 172 g/mol. The first-order valence-electron chi connectivity index (χ1n) is 4.05. The number of nitrogens with zero attached hydrogens (tertiary/aromatic N) is 3. The molecule has 0 radical (unpaired) electrons. The van der Waals surface area contributed by atoms with Crippen molar-refractivity contribution in [2.75, 3.05) is 17.2 Å². The van der Waals surface area contributed by atoms with Crippen LogP contribution in [-0.4, -0.2) is 26.3 Å². The Bertz CT molecular complexity index is 223. The molecule has 0 saturated carbocycles. The highest BCUT2D eigenvalue weighted by atomic mass is 32.2. The van der Waals surface area contributed by atoms with E-state index in [2.05, 4.69) is 17.0 Å². The second kappa shape index (κ2) is 5.03. The lowest BCUT2D eigenvalue weighted by Gasteiger charge is -1.98. The van der Waals surface area contributed by atoms with E-state index in [-0.39, 0.29) is 0 Å². The van der Waals surface area contributed by atoms with Gasteiger partial charge in [0.1, 0.15) is 6.33 Å². The van der Waals surface area contributed by atoms with E-state index in [4.69, 9.17) is 5.73 Å². The molecule has 2 N–H and O–H groups in total. The third-order valence-corrected chi connectivity index (χ3v) is 2.42. The van der Waals surface area contributed by atoms with Crippen LogP contribution in [-0.2, 0) is 6.54 Å². The van der Waals surface area contributed by atoms with E-state index in [1.807, 2.05) is 11.8 Å². The Morgan fingerprint density at radius 2 is 2.50 bits per heavy atom. The lowest BCUT2D eigenvalue weighted by Crippen LogP contribution is -2.00. The highest BCUT2D eigenvalue weighted by Gasteiger charge is 1.94. The third kappa shape index (κ3) is 3.13. The molecule has 1 heterocycles. The van der Waals surface area contributed by atoms with Crippen molar-refractivity contribution >= 4 is 17.7 Å². The van der Waals surface area contributed by atoms with Crippen LogP contribution in [0.25, 0.3) is 0 Å². The Labute approximate surface area is 76.5 Å². The fourth-order valence-corrected chi connectivity index (χ4v) is 1.51. The van der Waals surface area contributed by atoms with Crippen LogP contribution in [0, 0.1) is 0 Å². The molecule has 0 aliphatic rings. The molecule has 1 aromatic rings. The summed E-state index contributed by atoms with van der Waals surface area (Å²) in [6.07, 6.45) is 2.80. The Morgan fingerprint density at radius 3 is 3.08 bits per heavy atom. The van der Waals surface area contributed by atoms with Gasteiger partial charge in [-0.1, -0.05) is 6.92 Å². The predicted octanol–water partition coefficient (Wildman–Crippen LogP) is 1.00. The van der Waals surface area contributed by atoms with E-state index in [9.17, 15) is 0 Å². The second-order valence-corrected chi connectivity index (χ2v) is 3.81. The molecule has 0 atom stereocenters. The second-order valence-electron chi connectivity index (χ2n) is 2.42. The topological polar surface area (TPSA) is 56.7 Å². The van der Waals surface area contributed by atoms with Crippen LogP contribution < -0.4 is 5.73 Å². The van der Waals surface area contributed by atoms with Gasteiger partial charge in [-0.05, 0) is 17.9 Å². The monoisotopic (exact) mass is 186 g/mol. The van der Waals surface area contributed by atoms with Crippen molar-refractivity contribution in [3.63, 3.8) is 0 Å². The lowest BCUT2D eigenvalue weighted by molar-refractivity contribution is 0.606. The van der Waals surface area contributed by atoms with Crippen molar-refractivity contribution in [3.8, 4) is 0 Å². The quantitative estimate of drug-likeness (QED) is 0.697. The molecular formula is C7H14N4S. The molecule has 1 aromatic heterocycles.